The first-order chi connectivity index (χ1) is 14.0. The molecule has 0 spiro atoms. The Balaban J connectivity index is 1.41. The Morgan fingerprint density at radius 2 is 1.69 bits per heavy atom. The number of nitrogens with one attached hydrogen (secondary N) is 2. The normalized spacial score (nSPS) is 21.6. The number of benzene rings is 2. The van der Waals surface area contributed by atoms with E-state index in [4.69, 9.17) is 5.14 Å². The number of amides is 2. The number of fused-ring (bicyclic) bond motifs is 2. The van der Waals surface area contributed by atoms with Crippen LogP contribution >= 0.6 is 0 Å². The summed E-state index contributed by atoms with van der Waals surface area (Å²) in [5.41, 5.74) is 7.12. The first-order valence-corrected chi connectivity index (χ1v) is 11.9. The molecule has 1 unspecified atom stereocenters. The summed E-state index contributed by atoms with van der Waals surface area (Å²) in [5, 5.41) is 12.2. The van der Waals surface area contributed by atoms with E-state index in [2.05, 4.69) is 21.1 Å². The van der Waals surface area contributed by atoms with Crippen molar-refractivity contribution in [2.24, 2.45) is 9.50 Å². The van der Waals surface area contributed by atoms with Gasteiger partial charge in [-0.05, 0) is 91.4 Å². The average Bonchev–Trinajstić information content (AvgIpc) is 3.29. The largest absolute Gasteiger partial charge is 0.354 e. The van der Waals surface area contributed by atoms with Crippen LogP contribution in [0.5, 0.6) is 0 Å². The zero-order valence-corrected chi connectivity index (χ0v) is 17.2. The van der Waals surface area contributed by atoms with E-state index in [1.54, 1.807) is 12.1 Å². The van der Waals surface area contributed by atoms with E-state index in [-0.39, 0.29) is 0 Å². The third-order valence-corrected chi connectivity index (χ3v) is 7.75. The summed E-state index contributed by atoms with van der Waals surface area (Å²) in [6.07, 6.45) is 7.34. The standard InChI is InChI=1S/C22H26N4O2S/c23-29(28,17-9-7-14(8-10-17)20-11-12-24-20)26-22(27)25-21-18-5-1-3-15(18)13-16-4-2-6-19(16)21/h7-10,13,20,24H,1-6,11-12H2,(H3,23,25,26,27,28)/t20?,29-/m1/s1. The third-order valence-electron chi connectivity index (χ3n) is 6.37. The monoisotopic (exact) mass is 410 g/mol. The zero-order valence-electron chi connectivity index (χ0n) is 16.4. The molecule has 5 rings (SSSR count). The summed E-state index contributed by atoms with van der Waals surface area (Å²) in [6.45, 7) is 1.02. The van der Waals surface area contributed by atoms with Crippen molar-refractivity contribution in [3.8, 4) is 0 Å². The molecule has 2 amide bonds. The van der Waals surface area contributed by atoms with Crippen LogP contribution in [0, 0.1) is 0 Å². The lowest BCUT2D eigenvalue weighted by atomic mass is 9.98. The van der Waals surface area contributed by atoms with E-state index in [9.17, 15) is 9.00 Å². The van der Waals surface area contributed by atoms with Crippen molar-refractivity contribution >= 4 is 21.6 Å². The maximum Gasteiger partial charge on any atom is 0.354 e. The van der Waals surface area contributed by atoms with Crippen LogP contribution in [0.1, 0.15) is 53.1 Å². The van der Waals surface area contributed by atoms with Crippen molar-refractivity contribution < 1.29 is 9.00 Å². The number of aryl methyl sites for hydroxylation is 2. The van der Waals surface area contributed by atoms with Crippen LogP contribution in [0.2, 0.25) is 0 Å². The highest BCUT2D eigenvalue weighted by Crippen LogP contribution is 2.38. The molecule has 29 heavy (non-hydrogen) atoms. The maximum absolute atomic E-state index is 13.0. The Morgan fingerprint density at radius 1 is 1.07 bits per heavy atom. The third kappa shape index (κ3) is 3.47. The Kier molecular flexibility index (Phi) is 4.69. The van der Waals surface area contributed by atoms with Gasteiger partial charge in [0.1, 0.15) is 9.92 Å². The van der Waals surface area contributed by atoms with Crippen LogP contribution < -0.4 is 15.8 Å². The van der Waals surface area contributed by atoms with Gasteiger partial charge >= 0.3 is 6.03 Å². The van der Waals surface area contributed by atoms with Crippen LogP contribution in [0.15, 0.2) is 39.6 Å². The molecule has 7 heteroatoms. The van der Waals surface area contributed by atoms with Crippen molar-refractivity contribution in [1.82, 2.24) is 5.32 Å². The molecule has 2 aromatic rings. The molecule has 1 fully saturated rings. The summed E-state index contributed by atoms with van der Waals surface area (Å²) < 4.78 is 16.8. The fraction of sp³-hybridized carbons (Fsp3) is 0.409. The maximum atomic E-state index is 13.0. The first-order valence-electron chi connectivity index (χ1n) is 10.4. The van der Waals surface area contributed by atoms with Gasteiger partial charge in [-0.15, -0.1) is 4.36 Å². The van der Waals surface area contributed by atoms with Crippen molar-refractivity contribution in [2.45, 2.75) is 55.9 Å². The van der Waals surface area contributed by atoms with Crippen molar-refractivity contribution in [1.29, 1.82) is 0 Å². The Morgan fingerprint density at radius 3 is 2.24 bits per heavy atom. The van der Waals surface area contributed by atoms with Gasteiger partial charge in [-0.2, -0.15) is 0 Å². The van der Waals surface area contributed by atoms with E-state index in [1.165, 1.54) is 22.3 Å². The lowest BCUT2D eigenvalue weighted by Gasteiger charge is -2.28. The molecule has 152 valence electrons. The number of carbonyl (C=O) groups is 1. The Bertz CT molecular complexity index is 1060. The summed E-state index contributed by atoms with van der Waals surface area (Å²) in [6, 6.07) is 9.27. The van der Waals surface area contributed by atoms with Gasteiger partial charge in [0.05, 0.1) is 4.90 Å². The molecule has 6 nitrogen and oxygen atoms in total. The lowest BCUT2D eigenvalue weighted by Crippen LogP contribution is -2.34. The Labute approximate surface area is 171 Å². The summed E-state index contributed by atoms with van der Waals surface area (Å²) in [5.74, 6) is 0. The molecule has 1 heterocycles. The molecule has 0 saturated carbocycles. The Hall–Kier alpha value is -2.22. The van der Waals surface area contributed by atoms with Crippen molar-refractivity contribution in [2.75, 3.05) is 11.9 Å². The number of hydrogen-bond donors (Lipinski definition) is 3. The van der Waals surface area contributed by atoms with E-state index in [1.807, 2.05) is 12.1 Å². The van der Waals surface area contributed by atoms with Crippen molar-refractivity contribution in [3.05, 3.63) is 58.1 Å². The minimum atomic E-state index is -3.30. The second-order valence-corrected chi connectivity index (χ2v) is 9.98. The molecule has 2 atom stereocenters. The molecule has 1 saturated heterocycles. The van der Waals surface area contributed by atoms with Gasteiger partial charge in [-0.25, -0.2) is 14.1 Å². The molecular weight excluding hydrogens is 384 g/mol. The van der Waals surface area contributed by atoms with E-state index >= 15 is 0 Å². The predicted octanol–water partition coefficient (Wildman–Crippen LogP) is 3.63. The molecule has 3 aliphatic rings. The molecule has 0 radical (unpaired) electrons. The summed E-state index contributed by atoms with van der Waals surface area (Å²) >= 11 is 0. The second-order valence-electron chi connectivity index (χ2n) is 8.19. The number of urea groups is 1. The number of hydrogen-bond acceptors (Lipinski definition) is 3. The SMILES string of the molecule is N[S@@](=O)(=NC(=O)Nc1c2c(cc3c1CCC3)CCC2)c1ccc(C2CCN2)cc1. The highest BCUT2D eigenvalue weighted by molar-refractivity contribution is 7.91. The van der Waals surface area contributed by atoms with Gasteiger partial charge in [0.2, 0.25) is 0 Å². The lowest BCUT2D eigenvalue weighted by molar-refractivity contribution is 0.260. The average molecular weight is 411 g/mol. The molecule has 1 aliphatic heterocycles. The van der Waals surface area contributed by atoms with Gasteiger partial charge in [0, 0.05) is 11.7 Å². The van der Waals surface area contributed by atoms with Gasteiger partial charge in [-0.1, -0.05) is 18.2 Å². The van der Waals surface area contributed by atoms with Crippen LogP contribution in [-0.4, -0.2) is 16.8 Å². The fourth-order valence-electron chi connectivity index (χ4n) is 4.74. The molecule has 2 aromatic carbocycles. The molecular formula is C22H26N4O2S. The zero-order chi connectivity index (χ0) is 20.0. The number of nitrogens with zero attached hydrogens (tertiary/aromatic N) is 1. The highest BCUT2D eigenvalue weighted by Gasteiger charge is 2.25. The van der Waals surface area contributed by atoms with Crippen molar-refractivity contribution in [3.63, 3.8) is 0 Å². The number of carbonyl (C=O) groups excluding carboxylic acids is 1. The van der Waals surface area contributed by atoms with Crippen LogP contribution in [0.25, 0.3) is 0 Å². The fourth-order valence-corrected chi connectivity index (χ4v) is 5.66. The van der Waals surface area contributed by atoms with E-state index in [0.29, 0.717) is 10.9 Å². The molecule has 0 aromatic heterocycles. The molecule has 4 N–H and O–H groups in total. The number of nitrogens with two attached hydrogens (primary N) is 1. The smallest absolute Gasteiger partial charge is 0.310 e. The summed E-state index contributed by atoms with van der Waals surface area (Å²) in [7, 11) is -3.30. The summed E-state index contributed by atoms with van der Waals surface area (Å²) in [4.78, 5) is 13.1. The number of rotatable bonds is 3. The first kappa shape index (κ1) is 18.8. The number of anilines is 1. The quantitative estimate of drug-likeness (QED) is 0.721. The van der Waals surface area contributed by atoms with Crippen LogP contribution in [-0.2, 0) is 35.6 Å². The molecule has 0 bridgehead atoms. The van der Waals surface area contributed by atoms with E-state index in [0.717, 1.165) is 62.7 Å². The predicted molar refractivity (Wildman–Crippen MR) is 114 cm³/mol. The van der Waals surface area contributed by atoms with E-state index < -0.39 is 15.9 Å². The van der Waals surface area contributed by atoms with Gasteiger partial charge < -0.3 is 10.6 Å². The molecule has 2 aliphatic carbocycles. The minimum absolute atomic E-state index is 0.348. The topological polar surface area (TPSA) is 96.6 Å². The van der Waals surface area contributed by atoms with Gasteiger partial charge in [-0.3, -0.25) is 0 Å². The minimum Gasteiger partial charge on any atom is -0.310 e. The second kappa shape index (κ2) is 7.23. The highest BCUT2D eigenvalue weighted by atomic mass is 32.2. The van der Waals surface area contributed by atoms with Crippen LogP contribution in [0.3, 0.4) is 0 Å². The van der Waals surface area contributed by atoms with Crippen LogP contribution in [0.4, 0.5) is 10.5 Å². The van der Waals surface area contributed by atoms with Gasteiger partial charge in [0.15, 0.2) is 0 Å². The van der Waals surface area contributed by atoms with Gasteiger partial charge in [0.25, 0.3) is 0 Å².